The van der Waals surface area contributed by atoms with Gasteiger partial charge in [-0.25, -0.2) is 0 Å². The SMILES string of the molecule is Cc1ccc2ccccc2c1C(=N)N(Cc1ccc(-c2cccc(C(C)(C)/C(N)=N/O)c2)cc1)Cc1ccc(C(F)(F)F)o1. The predicted octanol–water partition coefficient (Wildman–Crippen LogP) is 8.48. The van der Waals surface area contributed by atoms with Crippen molar-refractivity contribution in [3.8, 4) is 11.1 Å². The van der Waals surface area contributed by atoms with Crippen molar-refractivity contribution in [1.82, 2.24) is 4.90 Å². The fraction of sp³-hybridized carbons (Fsp3) is 0.200. The number of amidine groups is 2. The first-order chi connectivity index (χ1) is 20.9. The molecule has 0 radical (unpaired) electrons. The Bertz CT molecular complexity index is 1840. The van der Waals surface area contributed by atoms with Crippen molar-refractivity contribution in [2.45, 2.75) is 45.5 Å². The molecule has 5 aromatic rings. The summed E-state index contributed by atoms with van der Waals surface area (Å²) in [6.45, 7) is 5.92. The molecule has 0 spiro atoms. The zero-order valence-electron chi connectivity index (χ0n) is 24.6. The number of nitrogens with zero attached hydrogens (tertiary/aromatic N) is 2. The van der Waals surface area contributed by atoms with E-state index in [0.29, 0.717) is 5.56 Å². The number of hydrogen-bond donors (Lipinski definition) is 3. The molecule has 0 aliphatic rings. The van der Waals surface area contributed by atoms with E-state index < -0.39 is 17.4 Å². The largest absolute Gasteiger partial charge is 0.455 e. The molecule has 4 N–H and O–H groups in total. The molecule has 9 heteroatoms. The molecular weight excluding hydrogens is 565 g/mol. The predicted molar refractivity (Wildman–Crippen MR) is 167 cm³/mol. The number of halogens is 3. The van der Waals surface area contributed by atoms with Gasteiger partial charge in [0, 0.05) is 12.1 Å². The van der Waals surface area contributed by atoms with E-state index in [2.05, 4.69) is 5.16 Å². The fourth-order valence-corrected chi connectivity index (χ4v) is 5.25. The van der Waals surface area contributed by atoms with Gasteiger partial charge in [0.2, 0.25) is 5.76 Å². The quantitative estimate of drug-likeness (QED) is 0.0722. The second kappa shape index (κ2) is 11.9. The zero-order valence-corrected chi connectivity index (χ0v) is 24.6. The van der Waals surface area contributed by atoms with Crippen LogP contribution in [0.15, 0.2) is 107 Å². The summed E-state index contributed by atoms with van der Waals surface area (Å²) in [4.78, 5) is 1.73. The first-order valence-electron chi connectivity index (χ1n) is 14.0. The number of benzene rings is 4. The molecule has 44 heavy (non-hydrogen) atoms. The average molecular weight is 599 g/mol. The highest BCUT2D eigenvalue weighted by molar-refractivity contribution is 6.09. The molecule has 0 bridgehead atoms. The summed E-state index contributed by atoms with van der Waals surface area (Å²) in [7, 11) is 0. The van der Waals surface area contributed by atoms with Gasteiger partial charge in [0.15, 0.2) is 0 Å². The fourth-order valence-electron chi connectivity index (χ4n) is 5.25. The van der Waals surface area contributed by atoms with Gasteiger partial charge in [0.1, 0.15) is 17.4 Å². The molecule has 0 aliphatic carbocycles. The maximum Gasteiger partial charge on any atom is 0.449 e. The number of alkyl halides is 3. The number of furan rings is 1. The Balaban J connectivity index is 1.47. The minimum atomic E-state index is -4.60. The van der Waals surface area contributed by atoms with Crippen LogP contribution in [0.4, 0.5) is 13.2 Å². The van der Waals surface area contributed by atoms with E-state index in [1.54, 1.807) is 4.90 Å². The molecule has 0 atom stereocenters. The Kier molecular flexibility index (Phi) is 8.23. The number of nitrogens with two attached hydrogens (primary N) is 1. The van der Waals surface area contributed by atoms with Crippen LogP contribution in [0.2, 0.25) is 0 Å². The maximum atomic E-state index is 13.3. The van der Waals surface area contributed by atoms with Crippen molar-refractivity contribution in [2.24, 2.45) is 10.9 Å². The molecule has 1 heterocycles. The van der Waals surface area contributed by atoms with Crippen molar-refractivity contribution in [3.05, 3.63) is 131 Å². The van der Waals surface area contributed by atoms with E-state index in [1.807, 2.05) is 106 Å². The molecule has 0 saturated heterocycles. The molecule has 4 aromatic carbocycles. The van der Waals surface area contributed by atoms with Crippen molar-refractivity contribution >= 4 is 22.4 Å². The summed E-state index contributed by atoms with van der Waals surface area (Å²) < 4.78 is 45.0. The number of oxime groups is 1. The van der Waals surface area contributed by atoms with E-state index in [9.17, 15) is 23.8 Å². The van der Waals surface area contributed by atoms with E-state index in [0.717, 1.165) is 44.7 Å². The van der Waals surface area contributed by atoms with E-state index >= 15 is 0 Å². The molecule has 0 unspecified atom stereocenters. The Hall–Kier alpha value is -5.05. The lowest BCUT2D eigenvalue weighted by atomic mass is 9.82. The Morgan fingerprint density at radius 2 is 1.61 bits per heavy atom. The van der Waals surface area contributed by atoms with Gasteiger partial charge >= 0.3 is 6.18 Å². The second-order valence-corrected chi connectivity index (χ2v) is 11.3. The van der Waals surface area contributed by atoms with E-state index in [-0.39, 0.29) is 30.5 Å². The van der Waals surface area contributed by atoms with Crippen molar-refractivity contribution in [3.63, 3.8) is 0 Å². The minimum Gasteiger partial charge on any atom is -0.455 e. The molecule has 0 fully saturated rings. The molecule has 6 nitrogen and oxygen atoms in total. The van der Waals surface area contributed by atoms with Crippen LogP contribution in [0, 0.1) is 12.3 Å². The summed E-state index contributed by atoms with van der Waals surface area (Å²) in [5, 5.41) is 23.5. The highest BCUT2D eigenvalue weighted by atomic mass is 19.4. The number of aryl methyl sites for hydroxylation is 1. The third-order valence-corrected chi connectivity index (χ3v) is 7.97. The minimum absolute atomic E-state index is 0.0235. The first-order valence-corrected chi connectivity index (χ1v) is 14.0. The van der Waals surface area contributed by atoms with Crippen LogP contribution in [0.5, 0.6) is 0 Å². The number of hydrogen-bond acceptors (Lipinski definition) is 4. The van der Waals surface area contributed by atoms with Crippen LogP contribution < -0.4 is 5.73 Å². The number of fused-ring (bicyclic) bond motifs is 1. The average Bonchev–Trinajstić information content (AvgIpc) is 3.50. The first kappa shape index (κ1) is 30.4. The van der Waals surface area contributed by atoms with Crippen LogP contribution >= 0.6 is 0 Å². The van der Waals surface area contributed by atoms with Gasteiger partial charge in [0.05, 0.1) is 12.0 Å². The highest BCUT2D eigenvalue weighted by Crippen LogP contribution is 2.32. The number of nitrogens with one attached hydrogen (secondary N) is 1. The maximum absolute atomic E-state index is 13.3. The van der Waals surface area contributed by atoms with Crippen LogP contribution in [0.3, 0.4) is 0 Å². The van der Waals surface area contributed by atoms with Gasteiger partial charge in [-0.1, -0.05) is 90.1 Å². The van der Waals surface area contributed by atoms with Crippen LogP contribution in [0.1, 0.15) is 47.6 Å². The molecule has 5 rings (SSSR count). The van der Waals surface area contributed by atoms with Crippen LogP contribution in [0.25, 0.3) is 21.9 Å². The monoisotopic (exact) mass is 598 g/mol. The summed E-state index contributed by atoms with van der Waals surface area (Å²) in [6, 6.07) is 29.5. The van der Waals surface area contributed by atoms with Gasteiger partial charge in [-0.05, 0) is 71.5 Å². The highest BCUT2D eigenvalue weighted by Gasteiger charge is 2.35. The third kappa shape index (κ3) is 6.17. The topological polar surface area (TPSA) is 98.8 Å². The Labute approximate surface area is 253 Å². The Morgan fingerprint density at radius 3 is 2.30 bits per heavy atom. The molecule has 0 aliphatic heterocycles. The lowest BCUT2D eigenvalue weighted by molar-refractivity contribution is -0.153. The van der Waals surface area contributed by atoms with Crippen molar-refractivity contribution in [2.75, 3.05) is 0 Å². The van der Waals surface area contributed by atoms with Crippen molar-refractivity contribution < 1.29 is 22.8 Å². The van der Waals surface area contributed by atoms with Gasteiger partial charge in [-0.3, -0.25) is 5.41 Å². The molecule has 0 saturated carbocycles. The summed E-state index contributed by atoms with van der Waals surface area (Å²) in [5.41, 5.74) is 10.5. The molecular formula is C35H33F3N4O2. The van der Waals surface area contributed by atoms with E-state index in [1.165, 1.54) is 6.07 Å². The lowest BCUT2D eigenvalue weighted by Crippen LogP contribution is -2.35. The number of rotatable bonds is 8. The van der Waals surface area contributed by atoms with Crippen LogP contribution in [-0.4, -0.2) is 21.8 Å². The zero-order chi connectivity index (χ0) is 31.6. The standard InChI is InChI=1S/C35H33F3N4O2/c1-22-11-14-25-7-4-5-10-29(25)31(22)32(39)42(21-28-17-18-30(44-28)35(36,37)38)20-23-12-15-24(16-13-23)26-8-6-9-27(19-26)34(2,3)33(40)41-43/h4-19,39,43H,20-21H2,1-3H3,(H2,40,41). The normalized spacial score (nSPS) is 12.5. The lowest BCUT2D eigenvalue weighted by Gasteiger charge is -2.26. The van der Waals surface area contributed by atoms with Crippen molar-refractivity contribution in [1.29, 1.82) is 5.41 Å². The summed E-state index contributed by atoms with van der Waals surface area (Å²) >= 11 is 0. The summed E-state index contributed by atoms with van der Waals surface area (Å²) in [6.07, 6.45) is -4.60. The second-order valence-electron chi connectivity index (χ2n) is 11.3. The molecule has 226 valence electrons. The molecule has 1 aromatic heterocycles. The van der Waals surface area contributed by atoms with E-state index in [4.69, 9.17) is 10.2 Å². The van der Waals surface area contributed by atoms with Crippen LogP contribution in [-0.2, 0) is 24.7 Å². The molecule has 0 amide bonds. The summed E-state index contributed by atoms with van der Waals surface area (Å²) in [5.74, 6) is -0.664. The third-order valence-electron chi connectivity index (χ3n) is 7.97. The van der Waals surface area contributed by atoms with Gasteiger partial charge in [-0.2, -0.15) is 13.2 Å². The van der Waals surface area contributed by atoms with Gasteiger partial charge < -0.3 is 20.3 Å². The van der Waals surface area contributed by atoms with Gasteiger partial charge in [-0.15, -0.1) is 0 Å². The Morgan fingerprint density at radius 1 is 0.886 bits per heavy atom. The smallest absolute Gasteiger partial charge is 0.449 e. The van der Waals surface area contributed by atoms with Gasteiger partial charge in [0.25, 0.3) is 0 Å².